The van der Waals surface area contributed by atoms with Crippen LogP contribution in [0.15, 0.2) is 36.8 Å². The number of fused-ring (bicyclic) bond motifs is 1. The number of aryl methyl sites for hydroxylation is 1. The van der Waals surface area contributed by atoms with Crippen molar-refractivity contribution in [1.29, 1.82) is 0 Å². The van der Waals surface area contributed by atoms with Crippen molar-refractivity contribution in [2.45, 2.75) is 97.6 Å². The zero-order valence-corrected chi connectivity index (χ0v) is 27.9. The minimum absolute atomic E-state index is 0.0958. The Morgan fingerprint density at radius 2 is 1.83 bits per heavy atom. The van der Waals surface area contributed by atoms with Crippen molar-refractivity contribution in [2.24, 2.45) is 0 Å². The lowest BCUT2D eigenvalue weighted by Gasteiger charge is -2.43. The van der Waals surface area contributed by atoms with Gasteiger partial charge in [-0.3, -0.25) is 14.5 Å². The highest BCUT2D eigenvalue weighted by atomic mass is 16.6. The lowest BCUT2D eigenvalue weighted by Crippen LogP contribution is -2.54. The average Bonchev–Trinajstić information content (AvgIpc) is 3.45. The van der Waals surface area contributed by atoms with Crippen LogP contribution in [0.2, 0.25) is 0 Å². The highest BCUT2D eigenvalue weighted by Gasteiger charge is 2.33. The van der Waals surface area contributed by atoms with Crippen molar-refractivity contribution < 1.29 is 23.9 Å². The summed E-state index contributed by atoms with van der Waals surface area (Å²) in [4.78, 5) is 48.7. The van der Waals surface area contributed by atoms with Gasteiger partial charge in [0.15, 0.2) is 5.65 Å². The number of hydrogen-bond acceptors (Lipinski definition) is 8. The van der Waals surface area contributed by atoms with E-state index in [0.717, 1.165) is 56.3 Å². The molecule has 1 saturated carbocycles. The zero-order valence-electron chi connectivity index (χ0n) is 27.9. The van der Waals surface area contributed by atoms with Crippen LogP contribution in [0.3, 0.4) is 0 Å². The molecule has 1 saturated heterocycles. The second-order valence-corrected chi connectivity index (χ2v) is 13.6. The normalized spacial score (nSPS) is 19.2. The summed E-state index contributed by atoms with van der Waals surface area (Å²) in [6, 6.07) is 6.16. The van der Waals surface area contributed by atoms with Crippen molar-refractivity contribution in [3.63, 3.8) is 0 Å². The number of hydrogen-bond donors (Lipinski definition) is 1. The van der Waals surface area contributed by atoms with Crippen LogP contribution in [-0.2, 0) is 16.1 Å². The van der Waals surface area contributed by atoms with E-state index in [1.165, 1.54) is 6.20 Å². The number of amides is 3. The molecule has 1 aromatic carbocycles. The van der Waals surface area contributed by atoms with Crippen LogP contribution in [0.25, 0.3) is 5.65 Å². The van der Waals surface area contributed by atoms with Crippen molar-refractivity contribution in [3.05, 3.63) is 53.5 Å². The predicted molar refractivity (Wildman–Crippen MR) is 175 cm³/mol. The van der Waals surface area contributed by atoms with Crippen molar-refractivity contribution in [1.82, 2.24) is 29.3 Å². The predicted octanol–water partition coefficient (Wildman–Crippen LogP) is 4.90. The van der Waals surface area contributed by atoms with E-state index < -0.39 is 5.60 Å². The molecule has 1 N–H and O–H groups in total. The van der Waals surface area contributed by atoms with Gasteiger partial charge in [-0.05, 0) is 96.6 Å². The fraction of sp³-hybridized carbons (Fsp3) is 0.559. The topological polar surface area (TPSA) is 122 Å². The van der Waals surface area contributed by atoms with E-state index in [1.807, 2.05) is 58.6 Å². The summed E-state index contributed by atoms with van der Waals surface area (Å²) in [5.74, 6) is 0.230. The van der Waals surface area contributed by atoms with E-state index in [2.05, 4.69) is 20.3 Å². The second kappa shape index (κ2) is 14.1. The molecule has 2 aromatic heterocycles. The number of benzene rings is 1. The number of carbonyl (C=O) groups is 3. The first-order valence-corrected chi connectivity index (χ1v) is 16.2. The van der Waals surface area contributed by atoms with E-state index in [-0.39, 0.29) is 24.1 Å². The maximum Gasteiger partial charge on any atom is 0.410 e. The zero-order chi connectivity index (χ0) is 33.0. The van der Waals surface area contributed by atoms with Gasteiger partial charge in [-0.15, -0.1) is 0 Å². The molecule has 46 heavy (non-hydrogen) atoms. The molecule has 12 nitrogen and oxygen atoms in total. The number of carbonyl (C=O) groups excluding carboxylic acids is 3. The number of piperazine rings is 1. The molecule has 0 unspecified atom stereocenters. The molecule has 2 fully saturated rings. The Bertz CT molecular complexity index is 1530. The Morgan fingerprint density at radius 3 is 2.48 bits per heavy atom. The lowest BCUT2D eigenvalue weighted by molar-refractivity contribution is -0.121. The Kier molecular flexibility index (Phi) is 10.1. The minimum Gasteiger partial charge on any atom is -0.489 e. The van der Waals surface area contributed by atoms with Crippen LogP contribution in [-0.4, -0.2) is 97.7 Å². The fourth-order valence-electron chi connectivity index (χ4n) is 6.32. The number of nitrogens with zero attached hydrogens (tertiary/aromatic N) is 6. The van der Waals surface area contributed by atoms with Crippen molar-refractivity contribution in [2.75, 3.05) is 31.5 Å². The average molecular weight is 634 g/mol. The van der Waals surface area contributed by atoms with Crippen LogP contribution in [0.1, 0.15) is 81.8 Å². The van der Waals surface area contributed by atoms with Gasteiger partial charge in [0.1, 0.15) is 16.9 Å². The number of anilines is 1. The summed E-state index contributed by atoms with van der Waals surface area (Å²) in [5, 5.41) is 7.25. The molecular weight excluding hydrogens is 586 g/mol. The highest BCUT2D eigenvalue weighted by Crippen LogP contribution is 2.33. The number of ether oxygens (including phenoxy) is 2. The smallest absolute Gasteiger partial charge is 0.410 e. The first-order chi connectivity index (χ1) is 21.9. The molecule has 0 radical (unpaired) electrons. The van der Waals surface area contributed by atoms with E-state index >= 15 is 0 Å². The number of aromatic nitrogens is 3. The largest absolute Gasteiger partial charge is 0.489 e. The van der Waals surface area contributed by atoms with Crippen molar-refractivity contribution >= 4 is 29.7 Å². The molecule has 3 heterocycles. The Morgan fingerprint density at radius 1 is 1.11 bits per heavy atom. The molecule has 1 aliphatic carbocycles. The first-order valence-electron chi connectivity index (χ1n) is 16.2. The van der Waals surface area contributed by atoms with E-state index in [0.29, 0.717) is 48.3 Å². The summed E-state index contributed by atoms with van der Waals surface area (Å²) in [6.45, 7) is 15.0. The molecule has 12 heteroatoms. The third kappa shape index (κ3) is 7.96. The lowest BCUT2D eigenvalue weighted by atomic mass is 9.88. The third-order valence-electron chi connectivity index (χ3n) is 8.68. The van der Waals surface area contributed by atoms with Crippen LogP contribution >= 0.6 is 0 Å². The van der Waals surface area contributed by atoms with E-state index in [9.17, 15) is 14.4 Å². The standard InChI is InChI=1S/C34H47N7O5/c1-23(2)45-30-18-24(3)25(19-29(30)37-32(43)28-20-36-41-13-7-12-35-31(28)41)21-40(22-42)27-10-8-26(9-11-27)38-14-16-39(17-15-38)33(44)46-34(4,5)6/h7,12-13,18-20,22-23,26-27H,8-11,14-17,21H2,1-6H3,(H,37,43). The first kappa shape index (κ1) is 33.2. The minimum atomic E-state index is -0.497. The van der Waals surface area contributed by atoms with Crippen LogP contribution in [0, 0.1) is 6.92 Å². The summed E-state index contributed by atoms with van der Waals surface area (Å²) in [7, 11) is 0. The van der Waals surface area contributed by atoms with Gasteiger partial charge in [0.2, 0.25) is 6.41 Å². The summed E-state index contributed by atoms with van der Waals surface area (Å²) >= 11 is 0. The number of nitrogens with one attached hydrogen (secondary N) is 1. The van der Waals surface area contributed by atoms with Crippen LogP contribution < -0.4 is 10.1 Å². The van der Waals surface area contributed by atoms with Gasteiger partial charge in [-0.2, -0.15) is 5.10 Å². The Hall–Kier alpha value is -4.19. The molecule has 1 aliphatic heterocycles. The molecule has 2 aliphatic rings. The monoisotopic (exact) mass is 633 g/mol. The van der Waals surface area contributed by atoms with Gasteiger partial charge in [0.25, 0.3) is 5.91 Å². The molecule has 0 bridgehead atoms. The molecule has 0 spiro atoms. The summed E-state index contributed by atoms with van der Waals surface area (Å²) in [5.41, 5.74) is 2.78. The van der Waals surface area contributed by atoms with Gasteiger partial charge in [-0.1, -0.05) is 0 Å². The molecule has 3 aromatic rings. The molecule has 3 amide bonds. The SMILES string of the molecule is Cc1cc(OC(C)C)c(NC(=O)c2cnn3cccnc23)cc1CN(C=O)C1CCC(N2CCN(C(=O)OC(C)(C)C)CC2)CC1. The highest BCUT2D eigenvalue weighted by molar-refractivity contribution is 6.08. The molecular formula is C34H47N7O5. The molecule has 0 atom stereocenters. The van der Waals surface area contributed by atoms with Gasteiger partial charge in [0.05, 0.1) is 18.0 Å². The fourth-order valence-corrected chi connectivity index (χ4v) is 6.32. The summed E-state index contributed by atoms with van der Waals surface area (Å²) < 4.78 is 13.2. The molecule has 248 valence electrons. The maximum absolute atomic E-state index is 13.4. The number of rotatable bonds is 9. The summed E-state index contributed by atoms with van der Waals surface area (Å²) in [6.07, 6.45) is 9.29. The maximum atomic E-state index is 13.4. The second-order valence-electron chi connectivity index (χ2n) is 13.6. The van der Waals surface area contributed by atoms with Crippen molar-refractivity contribution in [3.8, 4) is 5.75 Å². The molecule has 5 rings (SSSR count). The van der Waals surface area contributed by atoms with Gasteiger partial charge in [-0.25, -0.2) is 14.3 Å². The Balaban J connectivity index is 1.22. The quantitative estimate of drug-likeness (QED) is 0.331. The van der Waals surface area contributed by atoms with Crippen LogP contribution in [0.4, 0.5) is 10.5 Å². The van der Waals surface area contributed by atoms with E-state index in [4.69, 9.17) is 9.47 Å². The van der Waals surface area contributed by atoms with E-state index in [1.54, 1.807) is 27.9 Å². The third-order valence-corrected chi connectivity index (χ3v) is 8.68. The van der Waals surface area contributed by atoms with Gasteiger partial charge in [0, 0.05) is 57.2 Å². The van der Waals surface area contributed by atoms with Crippen LogP contribution in [0.5, 0.6) is 5.75 Å². The van der Waals surface area contributed by atoms with Gasteiger partial charge >= 0.3 is 6.09 Å². The van der Waals surface area contributed by atoms with Gasteiger partial charge < -0.3 is 24.6 Å². The Labute approximate surface area is 271 Å².